The van der Waals surface area contributed by atoms with Gasteiger partial charge in [-0.1, -0.05) is 56.3 Å². The van der Waals surface area contributed by atoms with Crippen LogP contribution in [0, 0.1) is 5.92 Å². The van der Waals surface area contributed by atoms with Gasteiger partial charge in [0.1, 0.15) is 30.2 Å². The normalized spacial score (nSPS) is 13.3. The monoisotopic (exact) mass is 517 g/mol. The van der Waals surface area contributed by atoms with E-state index in [1.54, 1.807) is 12.1 Å². The third-order valence-corrected chi connectivity index (χ3v) is 5.67. The number of rotatable bonds is 11. The van der Waals surface area contributed by atoms with Gasteiger partial charge in [0.2, 0.25) is 0 Å². The lowest BCUT2D eigenvalue weighted by atomic mass is 10.0. The summed E-state index contributed by atoms with van der Waals surface area (Å²) >= 11 is 0. The van der Waals surface area contributed by atoms with Gasteiger partial charge < -0.3 is 13.9 Å². The average Bonchev–Trinajstić information content (AvgIpc) is 3.34. The maximum atomic E-state index is 12.9. The zero-order valence-corrected chi connectivity index (χ0v) is 20.9. The number of nitrogens with one attached hydrogen (secondary N) is 1. The van der Waals surface area contributed by atoms with E-state index < -0.39 is 35.8 Å². The van der Waals surface area contributed by atoms with Crippen LogP contribution in [0.25, 0.3) is 11.3 Å². The molecule has 0 aliphatic carbocycles. The predicted molar refractivity (Wildman–Crippen MR) is 131 cm³/mol. The van der Waals surface area contributed by atoms with Gasteiger partial charge in [-0.3, -0.25) is 14.9 Å². The molecule has 37 heavy (non-hydrogen) atoms. The first-order valence-electron chi connectivity index (χ1n) is 11.9. The second kappa shape index (κ2) is 12.6. The molecule has 3 aromatic rings. The van der Waals surface area contributed by atoms with Crippen molar-refractivity contribution in [2.24, 2.45) is 5.92 Å². The van der Waals surface area contributed by atoms with E-state index in [2.05, 4.69) is 5.32 Å². The molecule has 0 radical (unpaired) electrons. The summed E-state index contributed by atoms with van der Waals surface area (Å²) < 4.78 is 54.8. The minimum atomic E-state index is -4.43. The number of alkyl halides is 3. The number of halogens is 3. The number of ether oxygens (including phenoxy) is 2. The van der Waals surface area contributed by atoms with Crippen molar-refractivity contribution in [2.75, 3.05) is 7.11 Å². The third kappa shape index (κ3) is 8.21. The number of esters is 2. The Balaban J connectivity index is 1.72. The number of methoxy groups -OCH3 is 1. The van der Waals surface area contributed by atoms with Crippen LogP contribution in [0.3, 0.4) is 0 Å². The second-order valence-corrected chi connectivity index (χ2v) is 9.06. The first kappa shape index (κ1) is 28.0. The molecule has 0 amide bonds. The standard InChI is InChI=1S/C28H30F3NO5/c1-18(2)15-23(27(34)36-17-19-7-5-4-6-8-19)32-24(26(33)35-3)16-22-13-14-25(37-22)20-9-11-21(12-10-20)28(29,30)31/h4-14,18,23-24,32H,15-17H2,1-3H3/t23-,24-/m0/s1. The van der Waals surface area contributed by atoms with Crippen LogP contribution in [0.5, 0.6) is 0 Å². The van der Waals surface area contributed by atoms with Crippen LogP contribution in [-0.4, -0.2) is 31.1 Å². The van der Waals surface area contributed by atoms with E-state index in [-0.39, 0.29) is 18.9 Å². The van der Waals surface area contributed by atoms with E-state index in [1.807, 2.05) is 44.2 Å². The molecule has 0 aliphatic heterocycles. The number of carbonyl (C=O) groups is 2. The van der Waals surface area contributed by atoms with Crippen LogP contribution < -0.4 is 5.32 Å². The van der Waals surface area contributed by atoms with Crippen molar-refractivity contribution in [3.8, 4) is 11.3 Å². The van der Waals surface area contributed by atoms with Crippen LogP contribution in [0.4, 0.5) is 13.2 Å². The van der Waals surface area contributed by atoms with Gasteiger partial charge in [-0.15, -0.1) is 0 Å². The van der Waals surface area contributed by atoms with Gasteiger partial charge in [0.15, 0.2) is 0 Å². The van der Waals surface area contributed by atoms with Crippen molar-refractivity contribution in [1.29, 1.82) is 0 Å². The molecule has 1 aromatic heterocycles. The zero-order chi connectivity index (χ0) is 27.0. The molecule has 9 heteroatoms. The Hall–Kier alpha value is -3.59. The Morgan fingerprint density at radius 1 is 0.919 bits per heavy atom. The van der Waals surface area contributed by atoms with Crippen LogP contribution in [-0.2, 0) is 38.3 Å². The van der Waals surface area contributed by atoms with Crippen molar-refractivity contribution in [3.05, 3.63) is 83.6 Å². The van der Waals surface area contributed by atoms with Crippen molar-refractivity contribution in [2.45, 2.75) is 51.6 Å². The molecule has 1 heterocycles. The van der Waals surface area contributed by atoms with Crippen LogP contribution in [0.1, 0.15) is 37.2 Å². The Morgan fingerprint density at radius 2 is 1.59 bits per heavy atom. The molecule has 2 aromatic carbocycles. The van der Waals surface area contributed by atoms with Crippen LogP contribution in [0.15, 0.2) is 71.1 Å². The van der Waals surface area contributed by atoms with Gasteiger partial charge in [-0.05, 0) is 42.2 Å². The van der Waals surface area contributed by atoms with Crippen LogP contribution in [0.2, 0.25) is 0 Å². The summed E-state index contributed by atoms with van der Waals surface area (Å²) in [5, 5.41) is 3.06. The number of furan rings is 1. The number of benzene rings is 2. The first-order chi connectivity index (χ1) is 17.6. The molecular weight excluding hydrogens is 487 g/mol. The molecule has 0 fully saturated rings. The highest BCUT2D eigenvalue weighted by Crippen LogP contribution is 2.31. The Morgan fingerprint density at radius 3 is 2.19 bits per heavy atom. The Kier molecular flexibility index (Phi) is 9.52. The summed E-state index contributed by atoms with van der Waals surface area (Å²) in [6.07, 6.45) is -3.94. The van der Waals surface area contributed by atoms with Gasteiger partial charge in [0, 0.05) is 12.0 Å². The summed E-state index contributed by atoms with van der Waals surface area (Å²) in [4.78, 5) is 25.5. The van der Waals surface area contributed by atoms with Crippen molar-refractivity contribution in [1.82, 2.24) is 5.32 Å². The molecular formula is C28H30F3NO5. The maximum absolute atomic E-state index is 12.9. The van der Waals surface area contributed by atoms with Crippen molar-refractivity contribution < 1.29 is 36.7 Å². The highest BCUT2D eigenvalue weighted by molar-refractivity contribution is 5.80. The highest BCUT2D eigenvalue weighted by Gasteiger charge is 2.31. The number of hydrogen-bond acceptors (Lipinski definition) is 6. The molecule has 0 aliphatic rings. The molecule has 0 bridgehead atoms. The van der Waals surface area contributed by atoms with E-state index >= 15 is 0 Å². The third-order valence-electron chi connectivity index (χ3n) is 5.67. The van der Waals surface area contributed by atoms with Crippen molar-refractivity contribution >= 4 is 11.9 Å². The molecule has 0 saturated heterocycles. The summed E-state index contributed by atoms with van der Waals surface area (Å²) in [6.45, 7) is 4.01. The average molecular weight is 518 g/mol. The minimum Gasteiger partial charge on any atom is -0.468 e. The molecule has 2 atom stereocenters. The predicted octanol–water partition coefficient (Wildman–Crippen LogP) is 5.80. The molecule has 0 spiro atoms. The summed E-state index contributed by atoms with van der Waals surface area (Å²) in [5.74, 6) is -0.185. The lowest BCUT2D eigenvalue weighted by Gasteiger charge is -2.24. The van der Waals surface area contributed by atoms with E-state index in [1.165, 1.54) is 19.2 Å². The van der Waals surface area contributed by atoms with E-state index in [0.29, 0.717) is 23.5 Å². The van der Waals surface area contributed by atoms with Gasteiger partial charge in [0.25, 0.3) is 0 Å². The lowest BCUT2D eigenvalue weighted by molar-refractivity contribution is -0.150. The van der Waals surface area contributed by atoms with E-state index in [0.717, 1.165) is 17.7 Å². The summed E-state index contributed by atoms with van der Waals surface area (Å²) in [7, 11) is 1.25. The molecule has 198 valence electrons. The summed E-state index contributed by atoms with van der Waals surface area (Å²) in [5.41, 5.74) is 0.548. The molecule has 1 N–H and O–H groups in total. The fourth-order valence-corrected chi connectivity index (χ4v) is 3.80. The lowest BCUT2D eigenvalue weighted by Crippen LogP contribution is -2.49. The van der Waals surface area contributed by atoms with Crippen LogP contribution >= 0.6 is 0 Å². The Bertz CT molecular complexity index is 1160. The number of carbonyl (C=O) groups excluding carboxylic acids is 2. The fraction of sp³-hybridized carbons (Fsp3) is 0.357. The molecule has 3 rings (SSSR count). The first-order valence-corrected chi connectivity index (χ1v) is 11.9. The van der Waals surface area contributed by atoms with Crippen molar-refractivity contribution in [3.63, 3.8) is 0 Å². The summed E-state index contributed by atoms with van der Waals surface area (Å²) in [6, 6.07) is 15.4. The molecule has 6 nitrogen and oxygen atoms in total. The van der Waals surface area contributed by atoms with Gasteiger partial charge in [0.05, 0.1) is 12.7 Å². The van der Waals surface area contributed by atoms with Gasteiger partial charge in [-0.25, -0.2) is 0 Å². The van der Waals surface area contributed by atoms with Gasteiger partial charge in [-0.2, -0.15) is 13.2 Å². The quantitative estimate of drug-likeness (QED) is 0.324. The molecule has 0 unspecified atom stereocenters. The topological polar surface area (TPSA) is 77.8 Å². The number of hydrogen-bond donors (Lipinski definition) is 1. The Labute approximate surface area is 213 Å². The fourth-order valence-electron chi connectivity index (χ4n) is 3.80. The second-order valence-electron chi connectivity index (χ2n) is 9.06. The van der Waals surface area contributed by atoms with E-state index in [4.69, 9.17) is 13.9 Å². The highest BCUT2D eigenvalue weighted by atomic mass is 19.4. The minimum absolute atomic E-state index is 0.0634. The SMILES string of the molecule is COC(=O)[C@H](Cc1ccc(-c2ccc(C(F)(F)F)cc2)o1)N[C@@H](CC(C)C)C(=O)OCc1ccccc1. The zero-order valence-electron chi connectivity index (χ0n) is 20.9. The maximum Gasteiger partial charge on any atom is 0.416 e. The smallest absolute Gasteiger partial charge is 0.416 e. The van der Waals surface area contributed by atoms with Gasteiger partial charge >= 0.3 is 18.1 Å². The molecule has 0 saturated carbocycles. The van der Waals surface area contributed by atoms with E-state index in [9.17, 15) is 22.8 Å². The largest absolute Gasteiger partial charge is 0.468 e.